The van der Waals surface area contributed by atoms with Crippen LogP contribution in [0.4, 0.5) is 4.39 Å². The molecule has 0 spiro atoms. The van der Waals surface area contributed by atoms with E-state index in [1.807, 2.05) is 40.9 Å². The fourth-order valence-corrected chi connectivity index (χ4v) is 3.90. The summed E-state index contributed by atoms with van der Waals surface area (Å²) >= 11 is 1.44. The van der Waals surface area contributed by atoms with E-state index < -0.39 is 0 Å². The lowest BCUT2D eigenvalue weighted by atomic mass is 10.1. The van der Waals surface area contributed by atoms with Gasteiger partial charge < -0.3 is 5.32 Å². The van der Waals surface area contributed by atoms with E-state index in [0.717, 1.165) is 22.8 Å². The first-order valence-electron chi connectivity index (χ1n) is 9.76. The molecule has 0 bridgehead atoms. The third-order valence-electron chi connectivity index (χ3n) is 4.94. The van der Waals surface area contributed by atoms with Crippen molar-refractivity contribution in [2.24, 2.45) is 0 Å². The summed E-state index contributed by atoms with van der Waals surface area (Å²) in [6, 6.07) is 5.86. The first kappa shape index (κ1) is 22.0. The minimum Gasteiger partial charge on any atom is -0.345 e. The van der Waals surface area contributed by atoms with Crippen molar-refractivity contribution in [1.82, 2.24) is 25.1 Å². The van der Waals surface area contributed by atoms with Crippen molar-refractivity contribution in [3.8, 4) is 5.69 Å². The van der Waals surface area contributed by atoms with Gasteiger partial charge >= 0.3 is 0 Å². The number of benzene rings is 1. The fraction of sp³-hybridized carbons (Fsp3) is 0.364. The average molecular weight is 428 g/mol. The number of aryl methyl sites for hydroxylation is 1. The van der Waals surface area contributed by atoms with Crippen LogP contribution in [0.3, 0.4) is 0 Å². The van der Waals surface area contributed by atoms with E-state index in [4.69, 9.17) is 0 Å². The third kappa shape index (κ3) is 4.38. The zero-order valence-electron chi connectivity index (χ0n) is 18.0. The zero-order chi connectivity index (χ0) is 22.0. The summed E-state index contributed by atoms with van der Waals surface area (Å²) in [6.45, 7) is 9.73. The number of nitrogens with one attached hydrogen (secondary N) is 1. The van der Waals surface area contributed by atoms with Crippen molar-refractivity contribution in [2.45, 2.75) is 51.6 Å². The van der Waals surface area contributed by atoms with Crippen LogP contribution in [0, 0.1) is 19.7 Å². The molecule has 1 amide bonds. The summed E-state index contributed by atoms with van der Waals surface area (Å²) in [5.41, 5.74) is 3.69. The first-order chi connectivity index (χ1) is 14.2. The number of thioether (sulfide) groups is 1. The molecule has 3 rings (SSSR count). The molecule has 3 aromatic rings. The van der Waals surface area contributed by atoms with Crippen LogP contribution >= 0.6 is 11.8 Å². The number of hydrogen-bond acceptors (Lipinski definition) is 5. The number of aromatic nitrogens is 4. The summed E-state index contributed by atoms with van der Waals surface area (Å²) < 4.78 is 14.9. The summed E-state index contributed by atoms with van der Waals surface area (Å²) in [5.74, 6) is 0.409. The van der Waals surface area contributed by atoms with Crippen LogP contribution in [0.5, 0.6) is 0 Å². The van der Waals surface area contributed by atoms with E-state index in [1.54, 1.807) is 23.0 Å². The topological polar surface area (TPSA) is 72.7 Å². The smallest absolute Gasteiger partial charge is 0.256 e. The van der Waals surface area contributed by atoms with Gasteiger partial charge in [0.1, 0.15) is 16.7 Å². The summed E-state index contributed by atoms with van der Waals surface area (Å²) in [5, 5.41) is 8.13. The minimum absolute atomic E-state index is 0.186. The highest BCUT2D eigenvalue weighted by atomic mass is 32.2. The molecule has 0 radical (unpaired) electrons. The molecule has 1 unspecified atom stereocenters. The number of amides is 1. The Bertz CT molecular complexity index is 1060. The van der Waals surface area contributed by atoms with E-state index in [1.165, 1.54) is 23.9 Å². The lowest BCUT2D eigenvalue weighted by Crippen LogP contribution is -2.29. The Labute approximate surface area is 180 Å². The van der Waals surface area contributed by atoms with Gasteiger partial charge in [0.15, 0.2) is 0 Å². The second kappa shape index (κ2) is 8.95. The van der Waals surface area contributed by atoms with Gasteiger partial charge in [-0.15, -0.1) is 11.8 Å². The Morgan fingerprint density at radius 2 is 1.80 bits per heavy atom. The first-order valence-corrected chi connectivity index (χ1v) is 11.0. The van der Waals surface area contributed by atoms with E-state index in [-0.39, 0.29) is 23.7 Å². The lowest BCUT2D eigenvalue weighted by Gasteiger charge is -2.17. The van der Waals surface area contributed by atoms with Gasteiger partial charge in [0.2, 0.25) is 0 Å². The van der Waals surface area contributed by atoms with Crippen LogP contribution in [0.15, 0.2) is 35.5 Å². The Morgan fingerprint density at radius 3 is 2.40 bits per heavy atom. The van der Waals surface area contributed by atoms with Crippen LogP contribution in [0.2, 0.25) is 0 Å². The molecule has 2 aromatic heterocycles. The van der Waals surface area contributed by atoms with E-state index >= 15 is 0 Å². The molecule has 0 aliphatic heterocycles. The summed E-state index contributed by atoms with van der Waals surface area (Å²) in [4.78, 5) is 22.1. The van der Waals surface area contributed by atoms with Crippen molar-refractivity contribution in [2.75, 3.05) is 6.26 Å². The molecule has 0 fully saturated rings. The van der Waals surface area contributed by atoms with Gasteiger partial charge in [-0.2, -0.15) is 5.10 Å². The maximum Gasteiger partial charge on any atom is 0.256 e. The molecule has 0 aliphatic carbocycles. The quantitative estimate of drug-likeness (QED) is 0.454. The molecule has 8 heteroatoms. The molecule has 1 atom stereocenters. The Balaban J connectivity index is 1.86. The third-order valence-corrected chi connectivity index (χ3v) is 5.63. The van der Waals surface area contributed by atoms with Crippen LogP contribution in [0.1, 0.15) is 65.9 Å². The number of nitrogens with zero attached hydrogens (tertiary/aromatic N) is 4. The van der Waals surface area contributed by atoms with Crippen molar-refractivity contribution in [3.63, 3.8) is 0 Å². The van der Waals surface area contributed by atoms with Crippen molar-refractivity contribution < 1.29 is 9.18 Å². The van der Waals surface area contributed by atoms with Gasteiger partial charge in [0.25, 0.3) is 5.91 Å². The molecule has 2 heterocycles. The number of hydrogen-bond donors (Lipinski definition) is 1. The standard InChI is InChI=1S/C22H26FN5OS/c1-12(2)20-25-14(4)19(22(27-20)30-6)21(29)26-13(3)18-11-24-28(15(18)5)17-9-7-16(23)8-10-17/h7-13H,1-6H3,(H,26,29). The SMILES string of the molecule is CSc1nc(C(C)C)nc(C)c1C(=O)NC(C)c1cnn(-c2ccc(F)cc2)c1C. The number of carbonyl (C=O) groups is 1. The van der Waals surface area contributed by atoms with E-state index in [9.17, 15) is 9.18 Å². The minimum atomic E-state index is -0.296. The van der Waals surface area contributed by atoms with Gasteiger partial charge in [-0.3, -0.25) is 4.79 Å². The predicted molar refractivity (Wildman–Crippen MR) is 117 cm³/mol. The van der Waals surface area contributed by atoms with Gasteiger partial charge in [-0.25, -0.2) is 19.0 Å². The Morgan fingerprint density at radius 1 is 1.13 bits per heavy atom. The van der Waals surface area contributed by atoms with Crippen LogP contribution in [-0.4, -0.2) is 31.9 Å². The normalized spacial score (nSPS) is 12.3. The van der Waals surface area contributed by atoms with Crippen molar-refractivity contribution >= 4 is 17.7 Å². The monoisotopic (exact) mass is 427 g/mol. The summed E-state index contributed by atoms with van der Waals surface area (Å²) in [6.07, 6.45) is 3.63. The molecule has 0 saturated carbocycles. The fourth-order valence-electron chi connectivity index (χ4n) is 3.27. The molecule has 0 aliphatic rings. The van der Waals surface area contributed by atoms with Gasteiger partial charge in [0, 0.05) is 17.2 Å². The highest BCUT2D eigenvalue weighted by Crippen LogP contribution is 2.25. The summed E-state index contributed by atoms with van der Waals surface area (Å²) in [7, 11) is 0. The number of carbonyl (C=O) groups excluding carboxylic acids is 1. The highest BCUT2D eigenvalue weighted by molar-refractivity contribution is 7.98. The largest absolute Gasteiger partial charge is 0.345 e. The molecule has 1 aromatic carbocycles. The van der Waals surface area contributed by atoms with Gasteiger partial charge in [0.05, 0.1) is 29.2 Å². The molecular weight excluding hydrogens is 401 g/mol. The predicted octanol–water partition coefficient (Wildman–Crippen LogP) is 4.75. The molecule has 0 saturated heterocycles. The maximum absolute atomic E-state index is 13.2. The second-order valence-electron chi connectivity index (χ2n) is 7.47. The van der Waals surface area contributed by atoms with Gasteiger partial charge in [-0.05, 0) is 51.3 Å². The van der Waals surface area contributed by atoms with E-state index in [2.05, 4.69) is 20.4 Å². The molecule has 6 nitrogen and oxygen atoms in total. The highest BCUT2D eigenvalue weighted by Gasteiger charge is 2.22. The van der Waals surface area contributed by atoms with Gasteiger partial charge in [-0.1, -0.05) is 13.8 Å². The Hall–Kier alpha value is -2.74. The average Bonchev–Trinajstić information content (AvgIpc) is 3.09. The molecule has 158 valence electrons. The van der Waals surface area contributed by atoms with E-state index in [0.29, 0.717) is 16.3 Å². The Kier molecular flexibility index (Phi) is 6.55. The lowest BCUT2D eigenvalue weighted by molar-refractivity contribution is 0.0934. The van der Waals surface area contributed by atoms with Crippen LogP contribution < -0.4 is 5.32 Å². The zero-order valence-corrected chi connectivity index (χ0v) is 18.8. The van der Waals surface area contributed by atoms with Crippen molar-refractivity contribution in [3.05, 3.63) is 64.6 Å². The molecule has 1 N–H and O–H groups in total. The van der Waals surface area contributed by atoms with Crippen molar-refractivity contribution in [1.29, 1.82) is 0 Å². The number of halogens is 1. The second-order valence-corrected chi connectivity index (χ2v) is 8.27. The maximum atomic E-state index is 13.2. The van der Waals surface area contributed by atoms with Crippen LogP contribution in [-0.2, 0) is 0 Å². The molecular formula is C22H26FN5OS. The van der Waals surface area contributed by atoms with Crippen LogP contribution in [0.25, 0.3) is 5.69 Å². The number of rotatable bonds is 6. The molecule has 30 heavy (non-hydrogen) atoms.